The molecule has 0 aliphatic carbocycles. The van der Waals surface area contributed by atoms with Crippen LogP contribution in [0.5, 0.6) is 0 Å². The Kier molecular flexibility index (Phi) is 6.57. The summed E-state index contributed by atoms with van der Waals surface area (Å²) in [5.74, 6) is -0.851. The molecule has 0 saturated heterocycles. The van der Waals surface area contributed by atoms with Gasteiger partial charge in [-0.2, -0.15) is 0 Å². The Bertz CT molecular complexity index is 914. The minimum Gasteiger partial charge on any atom is -0.449 e. The molecule has 0 unspecified atom stereocenters. The number of ether oxygens (including phenoxy) is 1. The monoisotopic (exact) mass is 397 g/mol. The van der Waals surface area contributed by atoms with Gasteiger partial charge in [-0.25, -0.2) is 4.79 Å². The maximum Gasteiger partial charge on any atom is 0.331 e. The summed E-state index contributed by atoms with van der Waals surface area (Å²) in [6.45, 7) is 2.00. The highest BCUT2D eigenvalue weighted by molar-refractivity contribution is 7.16. The van der Waals surface area contributed by atoms with E-state index in [4.69, 9.17) is 4.74 Å². The number of thiophene rings is 2. The molecule has 0 radical (unpaired) electrons. The Labute approximate surface area is 166 Å². The summed E-state index contributed by atoms with van der Waals surface area (Å²) in [5, 5.41) is 4.71. The van der Waals surface area contributed by atoms with E-state index in [-0.39, 0.29) is 5.91 Å². The number of hydrogen-bond acceptors (Lipinski definition) is 5. The van der Waals surface area contributed by atoms with Crippen molar-refractivity contribution < 1.29 is 14.3 Å². The van der Waals surface area contributed by atoms with Gasteiger partial charge in [-0.15, -0.1) is 22.7 Å². The maximum absolute atomic E-state index is 12.0. The van der Waals surface area contributed by atoms with Crippen molar-refractivity contribution in [2.45, 2.75) is 19.6 Å². The lowest BCUT2D eigenvalue weighted by Gasteiger charge is -2.11. The molecule has 0 aliphatic heterocycles. The van der Waals surface area contributed by atoms with E-state index < -0.39 is 12.1 Å². The predicted octanol–water partition coefficient (Wildman–Crippen LogP) is 4.74. The van der Waals surface area contributed by atoms with Crippen LogP contribution in [0.25, 0.3) is 16.5 Å². The van der Waals surface area contributed by atoms with Gasteiger partial charge in [0.25, 0.3) is 5.91 Å². The zero-order chi connectivity index (χ0) is 19.1. The van der Waals surface area contributed by atoms with Gasteiger partial charge in [-0.3, -0.25) is 4.79 Å². The summed E-state index contributed by atoms with van der Waals surface area (Å²) in [7, 11) is 0. The Balaban J connectivity index is 1.49. The SMILES string of the molecule is C[C@@H](OC(=O)/C=C/c1ccc(-c2ccccc2)s1)C(=O)NCc1cccs1. The normalized spacial score (nSPS) is 12.0. The van der Waals surface area contributed by atoms with Crippen molar-refractivity contribution in [2.24, 2.45) is 0 Å². The fourth-order valence-corrected chi connectivity index (χ4v) is 3.91. The molecule has 3 aromatic rings. The number of rotatable bonds is 7. The second kappa shape index (κ2) is 9.30. The molecule has 0 spiro atoms. The summed E-state index contributed by atoms with van der Waals surface area (Å²) in [6, 6.07) is 17.9. The lowest BCUT2D eigenvalue weighted by atomic mass is 10.2. The first kappa shape index (κ1) is 19.1. The Morgan fingerprint density at radius 2 is 1.93 bits per heavy atom. The number of benzene rings is 1. The van der Waals surface area contributed by atoms with E-state index in [9.17, 15) is 9.59 Å². The van der Waals surface area contributed by atoms with Crippen molar-refractivity contribution in [2.75, 3.05) is 0 Å². The molecule has 138 valence electrons. The van der Waals surface area contributed by atoms with Crippen LogP contribution in [-0.4, -0.2) is 18.0 Å². The van der Waals surface area contributed by atoms with Crippen molar-refractivity contribution in [3.8, 4) is 10.4 Å². The smallest absolute Gasteiger partial charge is 0.331 e. The van der Waals surface area contributed by atoms with Gasteiger partial charge >= 0.3 is 5.97 Å². The second-order valence-corrected chi connectivity index (χ2v) is 7.93. The number of amides is 1. The average molecular weight is 398 g/mol. The number of nitrogens with one attached hydrogen (secondary N) is 1. The van der Waals surface area contributed by atoms with Gasteiger partial charge in [0.15, 0.2) is 6.10 Å². The highest BCUT2D eigenvalue weighted by Gasteiger charge is 2.16. The van der Waals surface area contributed by atoms with Crippen LogP contribution in [0.1, 0.15) is 16.7 Å². The average Bonchev–Trinajstić information content (AvgIpc) is 3.37. The molecule has 0 fully saturated rings. The molecule has 0 aliphatic rings. The van der Waals surface area contributed by atoms with Crippen molar-refractivity contribution >= 4 is 40.6 Å². The van der Waals surface area contributed by atoms with E-state index in [0.29, 0.717) is 6.54 Å². The van der Waals surface area contributed by atoms with Gasteiger partial charge < -0.3 is 10.1 Å². The summed E-state index contributed by atoms with van der Waals surface area (Å²) in [5.41, 5.74) is 1.14. The molecule has 1 amide bonds. The zero-order valence-electron chi connectivity index (χ0n) is 14.8. The van der Waals surface area contributed by atoms with Crippen molar-refractivity contribution in [1.29, 1.82) is 0 Å². The second-order valence-electron chi connectivity index (χ2n) is 5.78. The van der Waals surface area contributed by atoms with Crippen LogP contribution in [0.15, 0.2) is 66.1 Å². The van der Waals surface area contributed by atoms with Crippen LogP contribution in [0.4, 0.5) is 0 Å². The Hall–Kier alpha value is -2.70. The molecule has 1 N–H and O–H groups in total. The van der Waals surface area contributed by atoms with Crippen molar-refractivity contribution in [3.05, 3.63) is 75.8 Å². The molecule has 0 bridgehead atoms. The van der Waals surface area contributed by atoms with Crippen LogP contribution in [0, 0.1) is 0 Å². The van der Waals surface area contributed by atoms with E-state index in [2.05, 4.69) is 5.32 Å². The Morgan fingerprint density at radius 1 is 1.11 bits per heavy atom. The number of hydrogen-bond donors (Lipinski definition) is 1. The third kappa shape index (κ3) is 5.64. The van der Waals surface area contributed by atoms with Gasteiger partial charge in [-0.1, -0.05) is 36.4 Å². The minimum atomic E-state index is -0.842. The largest absolute Gasteiger partial charge is 0.449 e. The third-order valence-electron chi connectivity index (χ3n) is 3.75. The van der Waals surface area contributed by atoms with Crippen LogP contribution in [0.2, 0.25) is 0 Å². The Morgan fingerprint density at radius 3 is 2.67 bits per heavy atom. The lowest BCUT2D eigenvalue weighted by Crippen LogP contribution is -2.34. The van der Waals surface area contributed by atoms with E-state index in [0.717, 1.165) is 20.2 Å². The van der Waals surface area contributed by atoms with Gasteiger partial charge in [0.2, 0.25) is 0 Å². The lowest BCUT2D eigenvalue weighted by molar-refractivity contribution is -0.150. The molecule has 27 heavy (non-hydrogen) atoms. The summed E-state index contributed by atoms with van der Waals surface area (Å²) >= 11 is 3.15. The molecule has 0 saturated carbocycles. The van der Waals surface area contributed by atoms with Crippen LogP contribution in [-0.2, 0) is 20.9 Å². The van der Waals surface area contributed by atoms with Gasteiger partial charge in [0, 0.05) is 20.7 Å². The van der Waals surface area contributed by atoms with E-state index >= 15 is 0 Å². The highest BCUT2D eigenvalue weighted by atomic mass is 32.1. The number of carbonyl (C=O) groups is 2. The van der Waals surface area contributed by atoms with Gasteiger partial charge in [-0.05, 0) is 42.1 Å². The van der Waals surface area contributed by atoms with Crippen molar-refractivity contribution in [3.63, 3.8) is 0 Å². The maximum atomic E-state index is 12.0. The van der Waals surface area contributed by atoms with Gasteiger partial charge in [0.05, 0.1) is 6.54 Å². The summed E-state index contributed by atoms with van der Waals surface area (Å²) in [6.07, 6.45) is 2.21. The first-order valence-corrected chi connectivity index (χ1v) is 10.2. The first-order valence-electron chi connectivity index (χ1n) is 8.46. The molecule has 1 aromatic carbocycles. The van der Waals surface area contributed by atoms with E-state index in [1.54, 1.807) is 35.7 Å². The van der Waals surface area contributed by atoms with Crippen LogP contribution in [0.3, 0.4) is 0 Å². The number of esters is 1. The fourth-order valence-electron chi connectivity index (χ4n) is 2.35. The summed E-state index contributed by atoms with van der Waals surface area (Å²) in [4.78, 5) is 27.1. The zero-order valence-corrected chi connectivity index (χ0v) is 16.4. The molecule has 3 rings (SSSR count). The quantitative estimate of drug-likeness (QED) is 0.463. The fraction of sp³-hybridized carbons (Fsp3) is 0.143. The standard InChI is InChI=1S/C21H19NO3S2/c1-15(21(24)22-14-18-8-5-13-26-18)25-20(23)12-10-17-9-11-19(27-17)16-6-3-2-4-7-16/h2-13,15H,14H2,1H3,(H,22,24)/b12-10+/t15-/m1/s1. The van der Waals surface area contributed by atoms with Crippen molar-refractivity contribution in [1.82, 2.24) is 5.32 Å². The first-order chi connectivity index (χ1) is 13.1. The third-order valence-corrected chi connectivity index (χ3v) is 5.72. The molecule has 4 nitrogen and oxygen atoms in total. The summed E-state index contributed by atoms with van der Waals surface area (Å²) < 4.78 is 5.17. The predicted molar refractivity (Wildman–Crippen MR) is 111 cm³/mol. The van der Waals surface area contributed by atoms with E-state index in [1.165, 1.54) is 6.08 Å². The molecule has 6 heteroatoms. The molecule has 1 atom stereocenters. The minimum absolute atomic E-state index is 0.312. The molecular weight excluding hydrogens is 378 g/mol. The topological polar surface area (TPSA) is 55.4 Å². The van der Waals surface area contributed by atoms with Gasteiger partial charge in [0.1, 0.15) is 0 Å². The molecule has 2 heterocycles. The molecular formula is C21H19NO3S2. The highest BCUT2D eigenvalue weighted by Crippen LogP contribution is 2.28. The van der Waals surface area contributed by atoms with E-state index in [1.807, 2.05) is 60.0 Å². The van der Waals surface area contributed by atoms with Crippen LogP contribution >= 0.6 is 22.7 Å². The van der Waals surface area contributed by atoms with Crippen LogP contribution < -0.4 is 5.32 Å². The number of carbonyl (C=O) groups excluding carboxylic acids is 2. The molecule has 2 aromatic heterocycles.